The molecule has 1 aromatic heterocycles. The number of nitrogens with zero attached hydrogens (tertiary/aromatic N) is 3. The number of aromatic nitrogens is 2. The number of aliphatic hydroxyl groups excluding tert-OH is 1. The van der Waals surface area contributed by atoms with Crippen LogP contribution in [0, 0.1) is 0 Å². The van der Waals surface area contributed by atoms with Gasteiger partial charge in [-0.15, -0.1) is 0 Å². The lowest BCUT2D eigenvalue weighted by molar-refractivity contribution is -0.141. The van der Waals surface area contributed by atoms with E-state index in [2.05, 4.69) is 14.9 Å². The van der Waals surface area contributed by atoms with Gasteiger partial charge in [-0.1, -0.05) is 0 Å². The van der Waals surface area contributed by atoms with Gasteiger partial charge in [-0.2, -0.15) is 13.2 Å². The van der Waals surface area contributed by atoms with Crippen molar-refractivity contribution in [3.05, 3.63) is 18.1 Å². The fraction of sp³-hybridized carbons (Fsp3) is 0.714. The predicted octanol–water partition coefficient (Wildman–Crippen LogP) is 1.86. The molecule has 2 saturated heterocycles. The van der Waals surface area contributed by atoms with E-state index in [1.165, 1.54) is 0 Å². The van der Waals surface area contributed by atoms with Crippen molar-refractivity contribution in [2.24, 2.45) is 0 Å². The van der Waals surface area contributed by atoms with Crippen molar-refractivity contribution in [3.8, 4) is 5.88 Å². The van der Waals surface area contributed by atoms with Gasteiger partial charge in [0.15, 0.2) is 5.69 Å². The van der Waals surface area contributed by atoms with Crippen molar-refractivity contribution in [2.45, 2.75) is 43.4 Å². The zero-order valence-corrected chi connectivity index (χ0v) is 12.0. The van der Waals surface area contributed by atoms with Gasteiger partial charge < -0.3 is 9.84 Å². The van der Waals surface area contributed by atoms with Gasteiger partial charge in [-0.3, -0.25) is 4.90 Å². The maximum Gasteiger partial charge on any atom is 0.433 e. The Kier molecular flexibility index (Phi) is 3.98. The smallest absolute Gasteiger partial charge is 0.433 e. The summed E-state index contributed by atoms with van der Waals surface area (Å²) in [6.07, 6.45) is 0.122. The first-order valence-electron chi connectivity index (χ1n) is 7.34. The molecule has 3 rings (SSSR count). The summed E-state index contributed by atoms with van der Waals surface area (Å²) in [6.45, 7) is 1.29. The predicted molar refractivity (Wildman–Crippen MR) is 71.3 cm³/mol. The SMILES string of the molecule is OC[C@]12CCCN1[C@H](COc1cc(C(F)(F)F)ncn1)CC2. The van der Waals surface area contributed by atoms with Gasteiger partial charge >= 0.3 is 6.18 Å². The normalized spacial score (nSPS) is 28.8. The zero-order valence-electron chi connectivity index (χ0n) is 12.0. The second-order valence-corrected chi connectivity index (χ2v) is 5.92. The van der Waals surface area contributed by atoms with E-state index in [0.717, 1.165) is 44.6 Å². The molecule has 0 saturated carbocycles. The summed E-state index contributed by atoms with van der Waals surface area (Å²) in [5.41, 5.74) is -1.16. The lowest BCUT2D eigenvalue weighted by Crippen LogP contribution is -2.46. The highest BCUT2D eigenvalue weighted by atomic mass is 19.4. The van der Waals surface area contributed by atoms with Crippen LogP contribution in [0.5, 0.6) is 5.88 Å². The monoisotopic (exact) mass is 317 g/mol. The first-order valence-corrected chi connectivity index (χ1v) is 7.34. The first kappa shape index (κ1) is 15.5. The largest absolute Gasteiger partial charge is 0.476 e. The van der Waals surface area contributed by atoms with Gasteiger partial charge in [0.2, 0.25) is 5.88 Å². The van der Waals surface area contributed by atoms with Crippen molar-refractivity contribution in [3.63, 3.8) is 0 Å². The van der Waals surface area contributed by atoms with Gasteiger partial charge in [0, 0.05) is 17.6 Å². The Morgan fingerprint density at radius 2 is 2.18 bits per heavy atom. The number of fused-ring (bicyclic) bond motifs is 1. The van der Waals surface area contributed by atoms with Crippen LogP contribution in [0.2, 0.25) is 0 Å². The molecule has 0 amide bonds. The molecule has 0 bridgehead atoms. The second-order valence-electron chi connectivity index (χ2n) is 5.92. The van der Waals surface area contributed by atoms with E-state index in [1.807, 2.05) is 0 Å². The molecule has 1 aromatic rings. The van der Waals surface area contributed by atoms with E-state index in [4.69, 9.17) is 4.74 Å². The van der Waals surface area contributed by atoms with E-state index >= 15 is 0 Å². The molecule has 0 unspecified atom stereocenters. The number of aliphatic hydroxyl groups is 1. The lowest BCUT2D eigenvalue weighted by atomic mass is 9.95. The van der Waals surface area contributed by atoms with Crippen LogP contribution in [-0.4, -0.2) is 51.3 Å². The Hall–Kier alpha value is -1.41. The Labute approximate surface area is 126 Å². The molecule has 2 atom stereocenters. The third-order valence-electron chi connectivity index (χ3n) is 4.68. The summed E-state index contributed by atoms with van der Waals surface area (Å²) in [4.78, 5) is 9.18. The minimum Gasteiger partial charge on any atom is -0.476 e. The van der Waals surface area contributed by atoms with Crippen molar-refractivity contribution in [2.75, 3.05) is 19.8 Å². The molecule has 22 heavy (non-hydrogen) atoms. The van der Waals surface area contributed by atoms with Crippen LogP contribution in [0.3, 0.4) is 0 Å². The van der Waals surface area contributed by atoms with E-state index < -0.39 is 11.9 Å². The van der Waals surface area contributed by atoms with Crippen LogP contribution in [0.15, 0.2) is 12.4 Å². The Balaban J connectivity index is 1.64. The molecular formula is C14H18F3N3O2. The molecule has 2 aliphatic rings. The number of rotatable bonds is 4. The number of halogens is 3. The van der Waals surface area contributed by atoms with E-state index in [-0.39, 0.29) is 30.7 Å². The molecule has 1 N–H and O–H groups in total. The van der Waals surface area contributed by atoms with Crippen molar-refractivity contribution in [1.29, 1.82) is 0 Å². The quantitative estimate of drug-likeness (QED) is 0.918. The van der Waals surface area contributed by atoms with Crippen LogP contribution in [-0.2, 0) is 6.18 Å². The second kappa shape index (κ2) is 5.66. The average Bonchev–Trinajstić information content (AvgIpc) is 3.04. The third kappa shape index (κ3) is 2.77. The number of hydrogen-bond acceptors (Lipinski definition) is 5. The molecule has 3 heterocycles. The maximum absolute atomic E-state index is 12.6. The van der Waals surface area contributed by atoms with Gasteiger partial charge in [-0.05, 0) is 32.2 Å². The molecule has 2 aliphatic heterocycles. The van der Waals surface area contributed by atoms with Gasteiger partial charge in [0.25, 0.3) is 0 Å². The molecule has 8 heteroatoms. The third-order valence-corrected chi connectivity index (χ3v) is 4.68. The minimum atomic E-state index is -4.50. The Bertz CT molecular complexity index is 540. The highest BCUT2D eigenvalue weighted by molar-refractivity contribution is 5.16. The van der Waals surface area contributed by atoms with Crippen LogP contribution in [0.1, 0.15) is 31.4 Å². The number of ether oxygens (including phenoxy) is 1. The van der Waals surface area contributed by atoms with Crippen LogP contribution < -0.4 is 4.74 Å². The van der Waals surface area contributed by atoms with Crippen LogP contribution in [0.4, 0.5) is 13.2 Å². The summed E-state index contributed by atoms with van der Waals surface area (Å²) >= 11 is 0. The highest BCUT2D eigenvalue weighted by Gasteiger charge is 2.48. The number of alkyl halides is 3. The summed E-state index contributed by atoms with van der Waals surface area (Å²) in [6, 6.07) is 0.928. The Morgan fingerprint density at radius 3 is 2.91 bits per heavy atom. The molecule has 0 aromatic carbocycles. The summed E-state index contributed by atoms with van der Waals surface area (Å²) in [5, 5.41) is 9.63. The minimum absolute atomic E-state index is 0.0666. The highest BCUT2D eigenvalue weighted by Crippen LogP contribution is 2.42. The van der Waals surface area contributed by atoms with E-state index in [9.17, 15) is 18.3 Å². The molecule has 5 nitrogen and oxygen atoms in total. The molecule has 0 radical (unpaired) electrons. The van der Waals surface area contributed by atoms with E-state index in [0.29, 0.717) is 0 Å². The van der Waals surface area contributed by atoms with Crippen molar-refractivity contribution in [1.82, 2.24) is 14.9 Å². The van der Waals surface area contributed by atoms with Gasteiger partial charge in [0.1, 0.15) is 12.9 Å². The fourth-order valence-electron chi connectivity index (χ4n) is 3.57. The summed E-state index contributed by atoms with van der Waals surface area (Å²) in [5.74, 6) is -0.0666. The van der Waals surface area contributed by atoms with E-state index in [1.54, 1.807) is 0 Å². The number of hydrogen-bond donors (Lipinski definition) is 1. The molecule has 0 aliphatic carbocycles. The lowest BCUT2D eigenvalue weighted by Gasteiger charge is -2.33. The van der Waals surface area contributed by atoms with Crippen molar-refractivity contribution >= 4 is 0 Å². The van der Waals surface area contributed by atoms with Gasteiger partial charge in [-0.25, -0.2) is 9.97 Å². The topological polar surface area (TPSA) is 58.5 Å². The first-order chi connectivity index (χ1) is 10.4. The summed E-state index contributed by atoms with van der Waals surface area (Å²) in [7, 11) is 0. The van der Waals surface area contributed by atoms with Crippen LogP contribution in [0.25, 0.3) is 0 Å². The van der Waals surface area contributed by atoms with Crippen LogP contribution >= 0.6 is 0 Å². The van der Waals surface area contributed by atoms with Crippen molar-refractivity contribution < 1.29 is 23.0 Å². The zero-order chi connectivity index (χ0) is 15.8. The maximum atomic E-state index is 12.6. The molecule has 2 fully saturated rings. The average molecular weight is 317 g/mol. The molecule has 0 spiro atoms. The van der Waals surface area contributed by atoms with Gasteiger partial charge in [0.05, 0.1) is 6.61 Å². The molecule has 122 valence electrons. The standard InChI is InChI=1S/C14H18F3N3O2/c15-14(16,17)11-6-12(19-9-18-11)22-7-10-2-4-13(8-21)3-1-5-20(10)13/h6,9-10,21H,1-5,7-8H2/t10-,13+/m0/s1. The molecular weight excluding hydrogens is 299 g/mol. The fourth-order valence-corrected chi connectivity index (χ4v) is 3.57. The Morgan fingerprint density at radius 1 is 1.36 bits per heavy atom. The summed E-state index contributed by atoms with van der Waals surface area (Å²) < 4.78 is 43.2.